The van der Waals surface area contributed by atoms with Crippen molar-refractivity contribution < 1.29 is 19.2 Å². The summed E-state index contributed by atoms with van der Waals surface area (Å²) in [6, 6.07) is 17.0. The van der Waals surface area contributed by atoms with Gasteiger partial charge in [0.2, 0.25) is 0 Å². The Morgan fingerprint density at radius 1 is 1.00 bits per heavy atom. The second-order valence-electron chi connectivity index (χ2n) is 7.06. The lowest BCUT2D eigenvalue weighted by atomic mass is 10.1. The molecule has 0 spiro atoms. The lowest BCUT2D eigenvalue weighted by Gasteiger charge is -2.11. The van der Waals surface area contributed by atoms with E-state index in [1.54, 1.807) is 12.1 Å². The van der Waals surface area contributed by atoms with Crippen LogP contribution in [0, 0.1) is 10.1 Å². The maximum Gasteiger partial charge on any atom is 0.286 e. The Hall–Kier alpha value is -3.95. The van der Waals surface area contributed by atoms with Crippen molar-refractivity contribution in [3.05, 3.63) is 86.7 Å². The molecule has 0 aliphatic heterocycles. The minimum Gasteiger partial charge on any atom is -0.493 e. The number of hydrogen-bond donors (Lipinski definition) is 1. The summed E-state index contributed by atoms with van der Waals surface area (Å²) in [5, 5.41) is 17.7. The first-order valence-electron chi connectivity index (χ1n) is 9.93. The van der Waals surface area contributed by atoms with E-state index in [0.29, 0.717) is 10.7 Å². The number of carbonyl (C=O) groups excluding carboxylic acids is 1. The van der Waals surface area contributed by atoms with Crippen LogP contribution in [0.1, 0.15) is 10.4 Å². The lowest BCUT2D eigenvalue weighted by molar-refractivity contribution is -0.385. The minimum atomic E-state index is -0.640. The van der Waals surface area contributed by atoms with Gasteiger partial charge in [-0.05, 0) is 24.3 Å². The Morgan fingerprint density at radius 3 is 2.24 bits per heavy atom. The highest BCUT2D eigenvalue weighted by Crippen LogP contribution is 2.35. The number of anilines is 1. The van der Waals surface area contributed by atoms with Crippen LogP contribution in [0.15, 0.2) is 66.0 Å². The number of nitrogens with zero attached hydrogens (tertiary/aromatic N) is 2. The monoisotopic (exact) mass is 495 g/mol. The predicted molar refractivity (Wildman–Crippen MR) is 132 cm³/mol. The predicted octanol–water partition coefficient (Wildman–Crippen LogP) is 6.31. The van der Waals surface area contributed by atoms with Crippen LogP contribution < -0.4 is 14.8 Å². The molecule has 0 saturated heterocycles. The number of hydrogen-bond acceptors (Lipinski definition) is 7. The number of ether oxygens (including phenoxy) is 2. The molecule has 1 aromatic heterocycles. The molecule has 0 aliphatic carbocycles. The molecule has 0 radical (unpaired) electrons. The van der Waals surface area contributed by atoms with Gasteiger partial charge in [0.05, 0.1) is 30.9 Å². The SMILES string of the molecule is COc1cc(C(=O)Nc2ccc(-c3csc(-c4ccc(Cl)cc4)n3)cc2)c([N+](=O)[O-])cc1OC. The second-order valence-corrected chi connectivity index (χ2v) is 8.35. The van der Waals surface area contributed by atoms with Gasteiger partial charge < -0.3 is 14.8 Å². The van der Waals surface area contributed by atoms with Crippen molar-refractivity contribution in [1.82, 2.24) is 4.98 Å². The van der Waals surface area contributed by atoms with E-state index in [0.717, 1.165) is 27.9 Å². The van der Waals surface area contributed by atoms with Crippen LogP contribution in [0.4, 0.5) is 11.4 Å². The molecule has 0 aliphatic rings. The van der Waals surface area contributed by atoms with Crippen molar-refractivity contribution in [1.29, 1.82) is 0 Å². The Kier molecular flexibility index (Phi) is 6.76. The van der Waals surface area contributed by atoms with Crippen molar-refractivity contribution in [3.8, 4) is 33.3 Å². The summed E-state index contributed by atoms with van der Waals surface area (Å²) in [6.45, 7) is 0. The summed E-state index contributed by atoms with van der Waals surface area (Å²) in [5.74, 6) is -0.260. The number of benzene rings is 3. The van der Waals surface area contributed by atoms with E-state index in [4.69, 9.17) is 21.1 Å². The average Bonchev–Trinajstić information content (AvgIpc) is 3.34. The number of thiazole rings is 1. The Balaban J connectivity index is 1.54. The third kappa shape index (κ3) is 4.85. The van der Waals surface area contributed by atoms with Crippen LogP contribution in [-0.4, -0.2) is 30.0 Å². The summed E-state index contributed by atoms with van der Waals surface area (Å²) >= 11 is 7.47. The topological polar surface area (TPSA) is 104 Å². The number of nitrogens with one attached hydrogen (secondary N) is 1. The van der Waals surface area contributed by atoms with Gasteiger partial charge in [0.25, 0.3) is 11.6 Å². The molecule has 3 aromatic carbocycles. The lowest BCUT2D eigenvalue weighted by Crippen LogP contribution is -2.14. The number of carbonyl (C=O) groups is 1. The highest BCUT2D eigenvalue weighted by atomic mass is 35.5. The molecule has 0 unspecified atom stereocenters. The van der Waals surface area contributed by atoms with Crippen LogP contribution >= 0.6 is 22.9 Å². The molecule has 1 amide bonds. The van der Waals surface area contributed by atoms with Crippen molar-refractivity contribution >= 4 is 40.2 Å². The molecular weight excluding hydrogens is 478 g/mol. The molecule has 1 N–H and O–H groups in total. The zero-order chi connectivity index (χ0) is 24.2. The van der Waals surface area contributed by atoms with Gasteiger partial charge >= 0.3 is 0 Å². The van der Waals surface area contributed by atoms with E-state index >= 15 is 0 Å². The molecule has 34 heavy (non-hydrogen) atoms. The van der Waals surface area contributed by atoms with Crippen LogP contribution in [-0.2, 0) is 0 Å². The zero-order valence-corrected chi connectivity index (χ0v) is 19.6. The van der Waals surface area contributed by atoms with Gasteiger partial charge in [0.15, 0.2) is 11.5 Å². The molecule has 0 bridgehead atoms. The molecular formula is C24H18ClN3O5S. The van der Waals surface area contributed by atoms with Crippen LogP contribution in [0.25, 0.3) is 21.8 Å². The number of nitro groups is 1. The molecule has 4 aromatic rings. The zero-order valence-electron chi connectivity index (χ0n) is 18.1. The van der Waals surface area contributed by atoms with Gasteiger partial charge in [-0.3, -0.25) is 14.9 Å². The minimum absolute atomic E-state index is 0.140. The summed E-state index contributed by atoms with van der Waals surface area (Å²) in [7, 11) is 2.75. The van der Waals surface area contributed by atoms with Gasteiger partial charge in [-0.1, -0.05) is 35.9 Å². The number of rotatable bonds is 7. The Morgan fingerprint density at radius 2 is 1.62 bits per heavy atom. The fraction of sp³-hybridized carbons (Fsp3) is 0.0833. The summed E-state index contributed by atoms with van der Waals surface area (Å²) in [6.07, 6.45) is 0. The van der Waals surface area contributed by atoms with Crippen molar-refractivity contribution in [3.63, 3.8) is 0 Å². The fourth-order valence-electron chi connectivity index (χ4n) is 3.26. The molecule has 0 fully saturated rings. The van der Waals surface area contributed by atoms with Crippen molar-refractivity contribution in [2.75, 3.05) is 19.5 Å². The number of aromatic nitrogens is 1. The maximum atomic E-state index is 12.8. The first-order chi connectivity index (χ1) is 16.4. The highest BCUT2D eigenvalue weighted by Gasteiger charge is 2.24. The molecule has 8 nitrogen and oxygen atoms in total. The fourth-order valence-corrected chi connectivity index (χ4v) is 4.22. The van der Waals surface area contributed by atoms with Gasteiger partial charge in [-0.15, -0.1) is 11.3 Å². The molecule has 4 rings (SSSR count). The third-order valence-electron chi connectivity index (χ3n) is 4.98. The smallest absolute Gasteiger partial charge is 0.286 e. The molecule has 10 heteroatoms. The number of halogens is 1. The number of nitro benzene ring substituents is 1. The van der Waals surface area contributed by atoms with E-state index in [1.165, 1.54) is 31.6 Å². The van der Waals surface area contributed by atoms with E-state index in [2.05, 4.69) is 10.3 Å². The largest absolute Gasteiger partial charge is 0.493 e. The van der Waals surface area contributed by atoms with E-state index in [-0.39, 0.29) is 22.7 Å². The Labute approximate surface area is 203 Å². The number of methoxy groups -OCH3 is 2. The van der Waals surface area contributed by atoms with Crippen LogP contribution in [0.2, 0.25) is 5.02 Å². The van der Waals surface area contributed by atoms with Gasteiger partial charge in [-0.2, -0.15) is 0 Å². The first-order valence-corrected chi connectivity index (χ1v) is 11.2. The van der Waals surface area contributed by atoms with Gasteiger partial charge in [0, 0.05) is 33.3 Å². The maximum absolute atomic E-state index is 12.8. The Bertz CT molecular complexity index is 1350. The second kappa shape index (κ2) is 9.90. The van der Waals surface area contributed by atoms with Crippen molar-refractivity contribution in [2.45, 2.75) is 0 Å². The van der Waals surface area contributed by atoms with Gasteiger partial charge in [0.1, 0.15) is 10.6 Å². The highest BCUT2D eigenvalue weighted by molar-refractivity contribution is 7.13. The van der Waals surface area contributed by atoms with E-state index in [9.17, 15) is 14.9 Å². The molecule has 0 atom stereocenters. The molecule has 172 valence electrons. The number of amides is 1. The summed E-state index contributed by atoms with van der Waals surface area (Å²) in [4.78, 5) is 28.3. The normalized spacial score (nSPS) is 10.6. The van der Waals surface area contributed by atoms with Crippen LogP contribution in [0.5, 0.6) is 11.5 Å². The molecule has 0 saturated carbocycles. The van der Waals surface area contributed by atoms with Gasteiger partial charge in [-0.25, -0.2) is 4.98 Å². The summed E-state index contributed by atoms with van der Waals surface area (Å²) in [5.41, 5.74) is 2.59. The van der Waals surface area contributed by atoms with Crippen molar-refractivity contribution in [2.24, 2.45) is 0 Å². The summed E-state index contributed by atoms with van der Waals surface area (Å²) < 4.78 is 10.3. The standard InChI is InChI=1S/C24H18ClN3O5S/c1-32-21-11-18(20(28(30)31)12-22(21)33-2)23(29)26-17-9-5-14(6-10-17)19-13-34-24(27-19)15-3-7-16(25)8-4-15/h3-13H,1-2H3,(H,26,29). The van der Waals surface area contributed by atoms with E-state index in [1.807, 2.05) is 41.8 Å². The van der Waals surface area contributed by atoms with E-state index < -0.39 is 10.8 Å². The quantitative estimate of drug-likeness (QED) is 0.238. The molecule has 1 heterocycles. The third-order valence-corrected chi connectivity index (χ3v) is 6.12. The van der Waals surface area contributed by atoms with Crippen LogP contribution in [0.3, 0.4) is 0 Å². The average molecular weight is 496 g/mol. The first kappa shape index (κ1) is 23.2.